The average Bonchev–Trinajstić information content (AvgIpc) is 3.06. The lowest BCUT2D eigenvalue weighted by Gasteiger charge is -2.42. The summed E-state index contributed by atoms with van der Waals surface area (Å²) in [4.78, 5) is 2.82. The van der Waals surface area contributed by atoms with Crippen LogP contribution in [-0.2, 0) is 6.54 Å². The van der Waals surface area contributed by atoms with Gasteiger partial charge in [-0.3, -0.25) is 0 Å². The van der Waals surface area contributed by atoms with Crippen LogP contribution >= 0.6 is 0 Å². The fourth-order valence-corrected chi connectivity index (χ4v) is 5.62. The number of piperidine rings is 1. The normalized spacial score (nSPS) is 25.5. The minimum Gasteiger partial charge on any atom is -0.340 e. The summed E-state index contributed by atoms with van der Waals surface area (Å²) in [5.41, 5.74) is 2.85. The second kappa shape index (κ2) is 8.36. The maximum atomic E-state index is 3.37. The molecule has 0 unspecified atom stereocenters. The van der Waals surface area contributed by atoms with Crippen molar-refractivity contribution in [2.24, 2.45) is 11.8 Å². The van der Waals surface area contributed by atoms with E-state index in [1.54, 1.807) is 0 Å². The Balaban J connectivity index is 1.43. The summed E-state index contributed by atoms with van der Waals surface area (Å²) in [5, 5.41) is 4.75. The summed E-state index contributed by atoms with van der Waals surface area (Å²) in [5.74, 6) is 1.83. The van der Waals surface area contributed by atoms with Gasteiger partial charge in [0.2, 0.25) is 0 Å². The minimum atomic E-state index is 0.650. The molecule has 1 saturated carbocycles. The maximum absolute atomic E-state index is 3.37. The van der Waals surface area contributed by atoms with Crippen LogP contribution in [0.25, 0.3) is 10.9 Å². The minimum absolute atomic E-state index is 0.650. The number of benzene rings is 1. The first-order chi connectivity index (χ1) is 13.2. The third kappa shape index (κ3) is 3.95. The molecule has 2 fully saturated rings. The van der Waals surface area contributed by atoms with E-state index in [4.69, 9.17) is 0 Å². The third-order valence-electron chi connectivity index (χ3n) is 7.25. The molecule has 2 aromatic rings. The number of rotatable bonds is 5. The van der Waals surface area contributed by atoms with Crippen LogP contribution in [-0.4, -0.2) is 35.6 Å². The fraction of sp³-hybridized carbons (Fsp3) is 0.667. The number of hydrogen-bond donors (Lipinski definition) is 1. The SMILES string of the molecule is CNCc1cc2ccccc2n1C1CCN([C@H]2CC[C@@H](C(C)C)CC2)CC1. The van der Waals surface area contributed by atoms with Crippen LogP contribution in [0.3, 0.4) is 0 Å². The van der Waals surface area contributed by atoms with E-state index in [0.29, 0.717) is 6.04 Å². The van der Waals surface area contributed by atoms with Gasteiger partial charge >= 0.3 is 0 Å². The Morgan fingerprint density at radius 1 is 0.963 bits per heavy atom. The van der Waals surface area contributed by atoms with Crippen molar-refractivity contribution in [3.63, 3.8) is 0 Å². The molecule has 0 atom stereocenters. The van der Waals surface area contributed by atoms with E-state index >= 15 is 0 Å². The fourth-order valence-electron chi connectivity index (χ4n) is 5.62. The highest BCUT2D eigenvalue weighted by atomic mass is 15.2. The van der Waals surface area contributed by atoms with Crippen molar-refractivity contribution < 1.29 is 0 Å². The van der Waals surface area contributed by atoms with E-state index in [2.05, 4.69) is 66.0 Å². The molecule has 2 heterocycles. The highest BCUT2D eigenvalue weighted by Crippen LogP contribution is 2.36. The molecule has 0 spiro atoms. The van der Waals surface area contributed by atoms with Gasteiger partial charge in [0.25, 0.3) is 0 Å². The molecule has 1 N–H and O–H groups in total. The first-order valence-electron chi connectivity index (χ1n) is 11.1. The summed E-state index contributed by atoms with van der Waals surface area (Å²) in [6.45, 7) is 8.30. The molecule has 148 valence electrons. The molecular formula is C24H37N3. The average molecular weight is 368 g/mol. The van der Waals surface area contributed by atoms with Crippen LogP contribution < -0.4 is 5.32 Å². The van der Waals surface area contributed by atoms with E-state index in [-0.39, 0.29) is 0 Å². The summed E-state index contributed by atoms with van der Waals surface area (Å²) >= 11 is 0. The van der Waals surface area contributed by atoms with Crippen molar-refractivity contribution in [2.75, 3.05) is 20.1 Å². The Bertz CT molecular complexity index is 731. The molecule has 1 saturated heterocycles. The predicted molar refractivity (Wildman–Crippen MR) is 115 cm³/mol. The Kier molecular flexibility index (Phi) is 5.89. The Morgan fingerprint density at radius 2 is 1.67 bits per heavy atom. The largest absolute Gasteiger partial charge is 0.340 e. The van der Waals surface area contributed by atoms with Gasteiger partial charge in [-0.15, -0.1) is 0 Å². The molecule has 1 aromatic carbocycles. The van der Waals surface area contributed by atoms with Gasteiger partial charge in [-0.05, 0) is 74.9 Å². The van der Waals surface area contributed by atoms with Gasteiger partial charge in [-0.25, -0.2) is 0 Å². The first kappa shape index (κ1) is 19.0. The topological polar surface area (TPSA) is 20.2 Å². The third-order valence-corrected chi connectivity index (χ3v) is 7.25. The molecule has 2 aliphatic rings. The first-order valence-corrected chi connectivity index (χ1v) is 11.1. The van der Waals surface area contributed by atoms with Crippen LogP contribution in [0.5, 0.6) is 0 Å². The lowest BCUT2D eigenvalue weighted by Crippen LogP contribution is -2.44. The molecule has 27 heavy (non-hydrogen) atoms. The molecule has 1 aromatic heterocycles. The molecule has 1 aliphatic carbocycles. The van der Waals surface area contributed by atoms with Crippen molar-refractivity contribution in [2.45, 2.75) is 71.0 Å². The zero-order chi connectivity index (χ0) is 18.8. The van der Waals surface area contributed by atoms with Gasteiger partial charge in [-0.1, -0.05) is 32.0 Å². The number of para-hydroxylation sites is 1. The molecule has 0 radical (unpaired) electrons. The second-order valence-corrected chi connectivity index (χ2v) is 9.17. The van der Waals surface area contributed by atoms with E-state index in [9.17, 15) is 0 Å². The molecule has 3 nitrogen and oxygen atoms in total. The highest BCUT2D eigenvalue weighted by molar-refractivity contribution is 5.81. The number of nitrogens with one attached hydrogen (secondary N) is 1. The van der Waals surface area contributed by atoms with Crippen molar-refractivity contribution in [1.29, 1.82) is 0 Å². The van der Waals surface area contributed by atoms with Crippen LogP contribution in [0.1, 0.15) is 64.1 Å². The van der Waals surface area contributed by atoms with E-state index in [1.807, 2.05) is 0 Å². The van der Waals surface area contributed by atoms with Crippen molar-refractivity contribution in [3.05, 3.63) is 36.0 Å². The Hall–Kier alpha value is -1.32. The number of likely N-dealkylation sites (tertiary alicyclic amines) is 1. The monoisotopic (exact) mass is 367 g/mol. The van der Waals surface area contributed by atoms with Crippen molar-refractivity contribution in [1.82, 2.24) is 14.8 Å². The second-order valence-electron chi connectivity index (χ2n) is 9.17. The van der Waals surface area contributed by atoms with Crippen molar-refractivity contribution >= 4 is 10.9 Å². The van der Waals surface area contributed by atoms with Crippen LogP contribution in [0.15, 0.2) is 30.3 Å². The van der Waals surface area contributed by atoms with E-state index < -0.39 is 0 Å². The summed E-state index contributed by atoms with van der Waals surface area (Å²) in [7, 11) is 2.05. The summed E-state index contributed by atoms with van der Waals surface area (Å²) < 4.78 is 2.64. The van der Waals surface area contributed by atoms with Gasteiger partial charge < -0.3 is 14.8 Å². The van der Waals surface area contributed by atoms with Gasteiger partial charge in [0.1, 0.15) is 0 Å². The van der Waals surface area contributed by atoms with Gasteiger partial charge in [-0.2, -0.15) is 0 Å². The molecule has 4 rings (SSSR count). The number of nitrogens with zero attached hydrogens (tertiary/aromatic N) is 2. The molecular weight excluding hydrogens is 330 g/mol. The standard InChI is InChI=1S/C24H37N3/c1-18(2)19-8-10-21(11-9-19)26-14-12-22(13-15-26)27-23(17-25-3)16-20-6-4-5-7-24(20)27/h4-7,16,18-19,21-22,25H,8-15,17H2,1-3H3/t19-,21+. The zero-order valence-electron chi connectivity index (χ0n) is 17.5. The summed E-state index contributed by atoms with van der Waals surface area (Å²) in [6, 6.07) is 12.8. The number of aromatic nitrogens is 1. The quantitative estimate of drug-likeness (QED) is 0.782. The smallest absolute Gasteiger partial charge is 0.0485 e. The Morgan fingerprint density at radius 3 is 2.33 bits per heavy atom. The van der Waals surface area contributed by atoms with Gasteiger partial charge in [0, 0.05) is 42.9 Å². The van der Waals surface area contributed by atoms with Crippen molar-refractivity contribution in [3.8, 4) is 0 Å². The van der Waals surface area contributed by atoms with Gasteiger partial charge in [0.05, 0.1) is 0 Å². The number of fused-ring (bicyclic) bond motifs is 1. The lowest BCUT2D eigenvalue weighted by molar-refractivity contribution is 0.0889. The Labute approximate surface area is 165 Å². The summed E-state index contributed by atoms with van der Waals surface area (Å²) in [6.07, 6.45) is 8.31. The van der Waals surface area contributed by atoms with Crippen LogP contribution in [0.4, 0.5) is 0 Å². The van der Waals surface area contributed by atoms with Crippen LogP contribution in [0.2, 0.25) is 0 Å². The lowest BCUT2D eigenvalue weighted by atomic mass is 9.79. The van der Waals surface area contributed by atoms with E-state index in [1.165, 1.54) is 68.2 Å². The maximum Gasteiger partial charge on any atom is 0.0485 e. The van der Waals surface area contributed by atoms with Crippen LogP contribution in [0, 0.1) is 11.8 Å². The highest BCUT2D eigenvalue weighted by Gasteiger charge is 2.31. The molecule has 0 amide bonds. The molecule has 0 bridgehead atoms. The number of hydrogen-bond acceptors (Lipinski definition) is 2. The predicted octanol–water partition coefficient (Wildman–Crippen LogP) is 5.21. The van der Waals surface area contributed by atoms with E-state index in [0.717, 1.165) is 24.4 Å². The van der Waals surface area contributed by atoms with Gasteiger partial charge in [0.15, 0.2) is 0 Å². The molecule has 3 heteroatoms. The zero-order valence-corrected chi connectivity index (χ0v) is 17.5. The molecule has 1 aliphatic heterocycles.